The number of anilines is 2. The average Bonchev–Trinajstić information content (AvgIpc) is 3.21. The highest BCUT2D eigenvalue weighted by atomic mass is 32.1. The zero-order valence-electron chi connectivity index (χ0n) is 16.3. The van der Waals surface area contributed by atoms with Gasteiger partial charge in [0.15, 0.2) is 5.69 Å². The molecule has 0 saturated carbocycles. The summed E-state index contributed by atoms with van der Waals surface area (Å²) in [5.74, 6) is -0.454. The van der Waals surface area contributed by atoms with Gasteiger partial charge in [-0.2, -0.15) is 0 Å². The minimum absolute atomic E-state index is 0.0130. The summed E-state index contributed by atoms with van der Waals surface area (Å²) in [7, 11) is 0. The van der Waals surface area contributed by atoms with E-state index in [1.807, 2.05) is 37.3 Å². The van der Waals surface area contributed by atoms with Crippen molar-refractivity contribution >= 4 is 28.7 Å². The molecule has 0 aliphatic heterocycles. The Hall–Kier alpha value is -3.20. The maximum absolute atomic E-state index is 13.1. The molecule has 3 rings (SSSR count). The van der Waals surface area contributed by atoms with Gasteiger partial charge in [-0.3, -0.25) is 24.0 Å². The quantitative estimate of drug-likeness (QED) is 0.618. The van der Waals surface area contributed by atoms with Crippen LogP contribution in [0, 0.1) is 0 Å². The molecule has 1 aromatic carbocycles. The van der Waals surface area contributed by atoms with Crippen LogP contribution in [0.2, 0.25) is 0 Å². The molecular formula is C20H23N5O3S. The van der Waals surface area contributed by atoms with Gasteiger partial charge in [-0.1, -0.05) is 43.7 Å². The number of rotatable bonds is 7. The van der Waals surface area contributed by atoms with Gasteiger partial charge in [0.2, 0.25) is 0 Å². The third kappa shape index (κ3) is 4.14. The average molecular weight is 414 g/mol. The van der Waals surface area contributed by atoms with Crippen LogP contribution < -0.4 is 21.9 Å². The first-order chi connectivity index (χ1) is 14.0. The number of hydrogen-bond acceptors (Lipinski definition) is 6. The van der Waals surface area contributed by atoms with E-state index in [1.54, 1.807) is 12.3 Å². The smallest absolute Gasteiger partial charge is 0.330 e. The summed E-state index contributed by atoms with van der Waals surface area (Å²) in [5.41, 5.74) is 5.99. The molecule has 0 fully saturated rings. The number of carbonyl (C=O) groups is 1. The molecule has 9 heteroatoms. The maximum atomic E-state index is 13.1. The molecule has 0 atom stereocenters. The van der Waals surface area contributed by atoms with E-state index in [9.17, 15) is 14.4 Å². The minimum atomic E-state index is -0.686. The Morgan fingerprint density at radius 3 is 2.62 bits per heavy atom. The van der Waals surface area contributed by atoms with Gasteiger partial charge in [0, 0.05) is 24.0 Å². The number of thiazole rings is 1. The van der Waals surface area contributed by atoms with E-state index in [-0.39, 0.29) is 23.7 Å². The number of aromatic nitrogens is 3. The van der Waals surface area contributed by atoms with Crippen LogP contribution in [0.15, 0.2) is 45.3 Å². The summed E-state index contributed by atoms with van der Waals surface area (Å²) in [6.45, 7) is 4.30. The highest BCUT2D eigenvalue weighted by molar-refractivity contribution is 7.13. The van der Waals surface area contributed by atoms with Crippen molar-refractivity contribution in [2.45, 2.75) is 33.2 Å². The zero-order chi connectivity index (χ0) is 21.0. The van der Waals surface area contributed by atoms with Crippen molar-refractivity contribution in [1.29, 1.82) is 0 Å². The summed E-state index contributed by atoms with van der Waals surface area (Å²) in [5, 5.41) is 2.37. The van der Waals surface area contributed by atoms with Crippen molar-refractivity contribution < 1.29 is 4.79 Å². The number of nitrogens with zero attached hydrogens (tertiary/aromatic N) is 3. The summed E-state index contributed by atoms with van der Waals surface area (Å²) >= 11 is 1.35. The molecule has 0 saturated heterocycles. The summed E-state index contributed by atoms with van der Waals surface area (Å²) < 4.78 is 1.30. The lowest BCUT2D eigenvalue weighted by molar-refractivity contribution is 0.0984. The van der Waals surface area contributed by atoms with E-state index in [0.717, 1.165) is 18.4 Å². The van der Waals surface area contributed by atoms with E-state index < -0.39 is 17.2 Å². The third-order valence-electron chi connectivity index (χ3n) is 4.52. The van der Waals surface area contributed by atoms with E-state index in [1.165, 1.54) is 20.8 Å². The molecule has 1 amide bonds. The van der Waals surface area contributed by atoms with Crippen LogP contribution in [0.5, 0.6) is 0 Å². The number of aromatic amines is 1. The summed E-state index contributed by atoms with van der Waals surface area (Å²) in [4.78, 5) is 45.7. The van der Waals surface area contributed by atoms with Crippen molar-refractivity contribution in [1.82, 2.24) is 14.5 Å². The van der Waals surface area contributed by atoms with Crippen molar-refractivity contribution in [3.63, 3.8) is 0 Å². The second kappa shape index (κ2) is 8.87. The highest BCUT2D eigenvalue weighted by Crippen LogP contribution is 2.25. The Bertz CT molecular complexity index is 1120. The monoisotopic (exact) mass is 413 g/mol. The lowest BCUT2D eigenvalue weighted by atomic mass is 10.2. The molecule has 0 spiro atoms. The number of unbranched alkanes of at least 4 members (excludes halogenated alkanes) is 1. The molecule has 29 heavy (non-hydrogen) atoms. The van der Waals surface area contributed by atoms with Crippen LogP contribution in [-0.2, 0) is 6.54 Å². The third-order valence-corrected chi connectivity index (χ3v) is 5.42. The van der Waals surface area contributed by atoms with Gasteiger partial charge in [-0.05, 0) is 13.3 Å². The van der Waals surface area contributed by atoms with Gasteiger partial charge in [-0.15, -0.1) is 11.3 Å². The Morgan fingerprint density at radius 1 is 1.24 bits per heavy atom. The van der Waals surface area contributed by atoms with Crippen LogP contribution in [0.3, 0.4) is 0 Å². The second-order valence-corrected chi connectivity index (χ2v) is 7.31. The van der Waals surface area contributed by atoms with Gasteiger partial charge in [-0.25, -0.2) is 9.78 Å². The predicted molar refractivity (Wildman–Crippen MR) is 116 cm³/mol. The fourth-order valence-electron chi connectivity index (χ4n) is 3.00. The standard InChI is InChI=1S/C20H23N5O3S/c1-3-5-11-25-16(21)15(17(26)23-20(25)28)24(4-2)19(27)14-12-29-18(22-14)13-9-7-6-8-10-13/h6-10,12H,3-5,11,21H2,1-2H3,(H,23,26,28). The summed E-state index contributed by atoms with van der Waals surface area (Å²) in [6, 6.07) is 9.53. The van der Waals surface area contributed by atoms with Crippen LogP contribution in [-0.4, -0.2) is 27.0 Å². The molecule has 0 unspecified atom stereocenters. The van der Waals surface area contributed by atoms with Crippen molar-refractivity contribution in [2.75, 3.05) is 17.2 Å². The number of carbonyl (C=O) groups excluding carboxylic acids is 1. The first-order valence-corrected chi connectivity index (χ1v) is 10.3. The lowest BCUT2D eigenvalue weighted by Gasteiger charge is -2.22. The van der Waals surface area contributed by atoms with Crippen molar-refractivity contribution in [2.24, 2.45) is 0 Å². The summed E-state index contributed by atoms with van der Waals surface area (Å²) in [6.07, 6.45) is 1.58. The topological polar surface area (TPSA) is 114 Å². The molecule has 8 nitrogen and oxygen atoms in total. The maximum Gasteiger partial charge on any atom is 0.330 e. The van der Waals surface area contributed by atoms with Crippen molar-refractivity contribution in [3.8, 4) is 10.6 Å². The number of benzene rings is 1. The van der Waals surface area contributed by atoms with Crippen LogP contribution in [0.4, 0.5) is 11.5 Å². The molecular weight excluding hydrogens is 390 g/mol. The number of nitrogen functional groups attached to an aromatic ring is 1. The molecule has 0 radical (unpaired) electrons. The Labute approximate surface area is 171 Å². The van der Waals surface area contributed by atoms with Crippen LogP contribution >= 0.6 is 11.3 Å². The zero-order valence-corrected chi connectivity index (χ0v) is 17.2. The number of H-pyrrole nitrogens is 1. The minimum Gasteiger partial charge on any atom is -0.383 e. The molecule has 3 N–H and O–H groups in total. The normalized spacial score (nSPS) is 10.8. The SMILES string of the molecule is CCCCn1c(N)c(N(CC)C(=O)c2csc(-c3ccccc3)n2)c(=O)[nH]c1=O. The lowest BCUT2D eigenvalue weighted by Crippen LogP contribution is -2.41. The molecule has 2 heterocycles. The van der Waals surface area contributed by atoms with E-state index in [2.05, 4.69) is 9.97 Å². The molecule has 2 aromatic heterocycles. The number of nitrogens with one attached hydrogen (secondary N) is 1. The molecule has 3 aromatic rings. The molecule has 152 valence electrons. The molecule has 0 aliphatic rings. The Balaban J connectivity index is 2.00. The predicted octanol–water partition coefficient (Wildman–Crippen LogP) is 2.71. The van der Waals surface area contributed by atoms with Crippen molar-refractivity contribution in [3.05, 3.63) is 62.2 Å². The van der Waals surface area contributed by atoms with Gasteiger partial charge in [0.25, 0.3) is 11.5 Å². The van der Waals surface area contributed by atoms with Gasteiger partial charge < -0.3 is 5.73 Å². The molecule has 0 bridgehead atoms. The first kappa shape index (κ1) is 20.5. The largest absolute Gasteiger partial charge is 0.383 e. The number of nitrogens with two attached hydrogens (primary N) is 1. The number of hydrogen-bond donors (Lipinski definition) is 2. The highest BCUT2D eigenvalue weighted by Gasteiger charge is 2.25. The molecule has 0 aliphatic carbocycles. The van der Waals surface area contributed by atoms with Gasteiger partial charge >= 0.3 is 5.69 Å². The Morgan fingerprint density at radius 2 is 1.97 bits per heavy atom. The fourth-order valence-corrected chi connectivity index (χ4v) is 3.80. The van der Waals surface area contributed by atoms with Gasteiger partial charge in [0.1, 0.15) is 16.5 Å². The first-order valence-electron chi connectivity index (χ1n) is 9.43. The van der Waals surface area contributed by atoms with Crippen LogP contribution in [0.1, 0.15) is 37.2 Å². The van der Waals surface area contributed by atoms with Gasteiger partial charge in [0.05, 0.1) is 0 Å². The van der Waals surface area contributed by atoms with E-state index in [4.69, 9.17) is 5.73 Å². The van der Waals surface area contributed by atoms with Crippen LogP contribution in [0.25, 0.3) is 10.6 Å². The van der Waals surface area contributed by atoms with E-state index >= 15 is 0 Å². The fraction of sp³-hybridized carbons (Fsp3) is 0.300. The second-order valence-electron chi connectivity index (χ2n) is 6.45. The number of amides is 1. The Kier molecular flexibility index (Phi) is 6.28. The van der Waals surface area contributed by atoms with E-state index in [0.29, 0.717) is 11.6 Å².